The zero-order valence-corrected chi connectivity index (χ0v) is 16.3. The number of methoxy groups -OCH3 is 1. The van der Waals surface area contributed by atoms with Crippen LogP contribution < -0.4 is 10.1 Å². The van der Waals surface area contributed by atoms with Crippen molar-refractivity contribution in [1.82, 2.24) is 14.5 Å². The Labute approximate surface area is 175 Å². The lowest BCUT2D eigenvalue weighted by molar-refractivity contribution is -0.137. The summed E-state index contributed by atoms with van der Waals surface area (Å²) in [6, 6.07) is 6.30. The molecule has 3 rings (SSSR count). The lowest BCUT2D eigenvalue weighted by Gasteiger charge is -2.12. The molecule has 11 heteroatoms. The maximum Gasteiger partial charge on any atom is 0.416 e. The van der Waals surface area contributed by atoms with Crippen molar-refractivity contribution in [3.05, 3.63) is 71.4 Å². The van der Waals surface area contributed by atoms with Gasteiger partial charge in [0.1, 0.15) is 17.5 Å². The fourth-order valence-corrected chi connectivity index (χ4v) is 2.84. The lowest BCUT2D eigenvalue weighted by Crippen LogP contribution is -2.14. The molecule has 1 unspecified atom stereocenters. The summed E-state index contributed by atoms with van der Waals surface area (Å²) in [7, 11) is 1.34. The molecule has 0 bridgehead atoms. The van der Waals surface area contributed by atoms with E-state index in [2.05, 4.69) is 15.3 Å². The molecule has 164 valence electrons. The minimum atomic E-state index is -4.43. The van der Waals surface area contributed by atoms with Gasteiger partial charge in [-0.05, 0) is 23.8 Å². The summed E-state index contributed by atoms with van der Waals surface area (Å²) in [6.07, 6.45) is -1.60. The fraction of sp³-hybridized carbons (Fsp3) is 0.250. The van der Waals surface area contributed by atoms with E-state index >= 15 is 0 Å². The Hall–Kier alpha value is -3.44. The predicted molar refractivity (Wildman–Crippen MR) is 104 cm³/mol. The first-order valence-electron chi connectivity index (χ1n) is 9.03. The van der Waals surface area contributed by atoms with Crippen molar-refractivity contribution >= 4 is 11.7 Å². The number of aliphatic hydroxyl groups excluding tert-OH is 2. The van der Waals surface area contributed by atoms with E-state index in [4.69, 9.17) is 9.84 Å². The zero-order chi connectivity index (χ0) is 22.6. The van der Waals surface area contributed by atoms with Crippen molar-refractivity contribution < 1.29 is 32.9 Å². The molecular weight excluding hydrogens is 417 g/mol. The normalized spacial score (nSPS) is 12.5. The van der Waals surface area contributed by atoms with E-state index in [0.717, 1.165) is 12.1 Å². The minimum Gasteiger partial charge on any atom is -0.495 e. The van der Waals surface area contributed by atoms with E-state index in [1.807, 2.05) is 0 Å². The summed E-state index contributed by atoms with van der Waals surface area (Å²) in [5.74, 6) is -0.236. The number of carbonyl (C=O) groups excluding carboxylic acids is 1. The smallest absolute Gasteiger partial charge is 0.416 e. The molecule has 0 aliphatic carbocycles. The number of aromatic nitrogens is 3. The number of amides is 1. The van der Waals surface area contributed by atoms with Gasteiger partial charge in [-0.1, -0.05) is 12.1 Å². The standard InChI is InChI=1S/C20H19F3N4O4/c1-31-16-6-13(7-24-18(16)15(29)10-28)19(30)26-17-9-27(11-25-17)8-12-3-2-4-14(5-12)20(21,22)23/h2-7,9,11,15,28-29H,8,10H2,1H3,(H,26,30). The molecule has 0 saturated heterocycles. The van der Waals surface area contributed by atoms with E-state index in [-0.39, 0.29) is 29.4 Å². The maximum atomic E-state index is 12.9. The first-order valence-corrected chi connectivity index (χ1v) is 9.03. The first kappa shape index (κ1) is 22.2. The Morgan fingerprint density at radius 3 is 2.74 bits per heavy atom. The average molecular weight is 436 g/mol. The lowest BCUT2D eigenvalue weighted by atomic mass is 10.1. The summed E-state index contributed by atoms with van der Waals surface area (Å²) >= 11 is 0. The van der Waals surface area contributed by atoms with Crippen molar-refractivity contribution in [2.75, 3.05) is 19.0 Å². The monoisotopic (exact) mass is 436 g/mol. The molecule has 0 aliphatic heterocycles. The van der Waals surface area contributed by atoms with Gasteiger partial charge in [0.05, 0.1) is 31.2 Å². The van der Waals surface area contributed by atoms with Gasteiger partial charge >= 0.3 is 6.18 Å². The van der Waals surface area contributed by atoms with Crippen molar-refractivity contribution in [3.8, 4) is 5.75 Å². The van der Waals surface area contributed by atoms with Gasteiger partial charge in [-0.3, -0.25) is 9.78 Å². The molecule has 0 saturated carbocycles. The number of aliphatic hydroxyl groups is 2. The van der Waals surface area contributed by atoms with Crippen LogP contribution in [0.3, 0.4) is 0 Å². The molecular formula is C20H19F3N4O4. The quantitative estimate of drug-likeness (QED) is 0.525. The molecule has 2 heterocycles. The minimum absolute atomic E-state index is 0.0897. The number of anilines is 1. The Morgan fingerprint density at radius 2 is 2.06 bits per heavy atom. The molecule has 1 amide bonds. The summed E-state index contributed by atoms with van der Waals surface area (Å²) in [5, 5.41) is 21.3. The molecule has 31 heavy (non-hydrogen) atoms. The molecule has 1 aromatic carbocycles. The largest absolute Gasteiger partial charge is 0.495 e. The van der Waals surface area contributed by atoms with Crippen LogP contribution in [-0.4, -0.2) is 44.4 Å². The third-order valence-corrected chi connectivity index (χ3v) is 4.35. The van der Waals surface area contributed by atoms with Gasteiger partial charge in [-0.15, -0.1) is 0 Å². The highest BCUT2D eigenvalue weighted by Crippen LogP contribution is 2.29. The second kappa shape index (κ2) is 9.14. The maximum absolute atomic E-state index is 12.9. The SMILES string of the molecule is COc1cc(C(=O)Nc2cn(Cc3cccc(C(F)(F)F)c3)cn2)cnc1C(O)CO. The topological polar surface area (TPSA) is 110 Å². The van der Waals surface area contributed by atoms with Crippen LogP contribution in [0.4, 0.5) is 19.0 Å². The zero-order valence-electron chi connectivity index (χ0n) is 16.3. The second-order valence-corrected chi connectivity index (χ2v) is 6.59. The molecule has 0 radical (unpaired) electrons. The van der Waals surface area contributed by atoms with Crippen molar-refractivity contribution in [3.63, 3.8) is 0 Å². The highest BCUT2D eigenvalue weighted by Gasteiger charge is 2.30. The molecule has 1 atom stereocenters. The van der Waals surface area contributed by atoms with Crippen LogP contribution in [0.5, 0.6) is 5.75 Å². The molecule has 0 spiro atoms. The number of carbonyl (C=O) groups is 1. The van der Waals surface area contributed by atoms with Crippen molar-refractivity contribution in [1.29, 1.82) is 0 Å². The molecule has 0 aliphatic rings. The number of nitrogens with zero attached hydrogens (tertiary/aromatic N) is 3. The van der Waals surface area contributed by atoms with Crippen LogP contribution in [0.25, 0.3) is 0 Å². The summed E-state index contributed by atoms with van der Waals surface area (Å²) in [6.45, 7) is -0.422. The van der Waals surface area contributed by atoms with Crippen molar-refractivity contribution in [2.24, 2.45) is 0 Å². The number of benzene rings is 1. The third kappa shape index (κ3) is 5.38. The van der Waals surface area contributed by atoms with Gasteiger partial charge in [0, 0.05) is 18.9 Å². The summed E-state index contributed by atoms with van der Waals surface area (Å²) in [4.78, 5) is 20.5. The van der Waals surface area contributed by atoms with Crippen LogP contribution in [0.1, 0.15) is 33.3 Å². The first-order chi connectivity index (χ1) is 14.7. The number of hydrogen-bond donors (Lipinski definition) is 3. The number of alkyl halides is 3. The molecule has 0 fully saturated rings. The number of hydrogen-bond acceptors (Lipinski definition) is 6. The highest BCUT2D eigenvalue weighted by molar-refractivity contribution is 6.03. The second-order valence-electron chi connectivity index (χ2n) is 6.59. The molecule has 3 aromatic rings. The van der Waals surface area contributed by atoms with Gasteiger partial charge in [0.25, 0.3) is 5.91 Å². The van der Waals surface area contributed by atoms with Gasteiger partial charge in [-0.2, -0.15) is 13.2 Å². The van der Waals surface area contributed by atoms with Gasteiger partial charge < -0.3 is 24.8 Å². The van der Waals surface area contributed by atoms with Crippen LogP contribution in [0.2, 0.25) is 0 Å². The summed E-state index contributed by atoms with van der Waals surface area (Å²) in [5.41, 5.74) is -0.1000. The summed E-state index contributed by atoms with van der Waals surface area (Å²) < 4.78 is 45.2. The van der Waals surface area contributed by atoms with E-state index in [1.54, 1.807) is 6.07 Å². The highest BCUT2D eigenvalue weighted by atomic mass is 19.4. The van der Waals surface area contributed by atoms with Gasteiger partial charge in [-0.25, -0.2) is 4.98 Å². The molecule has 8 nitrogen and oxygen atoms in total. The van der Waals surface area contributed by atoms with Crippen LogP contribution in [0, 0.1) is 0 Å². The van der Waals surface area contributed by atoms with Crippen LogP contribution >= 0.6 is 0 Å². The number of halogens is 3. The van der Waals surface area contributed by atoms with E-state index < -0.39 is 30.4 Å². The Kier molecular flexibility index (Phi) is 6.56. The number of imidazole rings is 1. The molecule has 3 N–H and O–H groups in total. The van der Waals surface area contributed by atoms with E-state index in [0.29, 0.717) is 5.56 Å². The third-order valence-electron chi connectivity index (χ3n) is 4.35. The van der Waals surface area contributed by atoms with Gasteiger partial charge in [0.15, 0.2) is 5.82 Å². The number of ether oxygens (including phenoxy) is 1. The van der Waals surface area contributed by atoms with Crippen LogP contribution in [0.15, 0.2) is 49.1 Å². The number of pyridine rings is 1. The van der Waals surface area contributed by atoms with E-state index in [9.17, 15) is 23.1 Å². The fourth-order valence-electron chi connectivity index (χ4n) is 2.84. The average Bonchev–Trinajstić information content (AvgIpc) is 3.18. The van der Waals surface area contributed by atoms with E-state index in [1.165, 1.54) is 42.5 Å². The van der Waals surface area contributed by atoms with Crippen molar-refractivity contribution in [2.45, 2.75) is 18.8 Å². The molecule has 2 aromatic heterocycles. The Bertz CT molecular complexity index is 1070. The predicted octanol–water partition coefficient (Wildman–Crippen LogP) is 2.63. The van der Waals surface area contributed by atoms with Gasteiger partial charge in [0.2, 0.25) is 0 Å². The number of rotatable bonds is 7. The van der Waals surface area contributed by atoms with Crippen LogP contribution in [-0.2, 0) is 12.7 Å². The Balaban J connectivity index is 1.70. The number of nitrogens with one attached hydrogen (secondary N) is 1. The Morgan fingerprint density at radius 1 is 1.29 bits per heavy atom.